The Hall–Kier alpha value is -4.83. The fraction of sp³-hybridized carbons (Fsp3) is 0.257. The normalized spacial score (nSPS) is 11.7. The molecule has 0 aliphatic rings. The van der Waals surface area contributed by atoms with Crippen LogP contribution < -0.4 is 19.1 Å². The van der Waals surface area contributed by atoms with Crippen LogP contribution in [0.25, 0.3) is 0 Å². The summed E-state index contributed by atoms with van der Waals surface area (Å²) in [4.78, 5) is 29.6. The third-order valence-electron chi connectivity index (χ3n) is 7.30. The van der Waals surface area contributed by atoms with Gasteiger partial charge in [0.25, 0.3) is 10.0 Å². The number of carbonyl (C=O) groups is 2. The molecule has 0 heterocycles. The molecule has 10 heteroatoms. The van der Waals surface area contributed by atoms with Gasteiger partial charge in [-0.15, -0.1) is 0 Å². The number of nitrogens with zero attached hydrogens (tertiary/aromatic N) is 2. The summed E-state index contributed by atoms with van der Waals surface area (Å²) in [6.07, 6.45) is 0.965. The summed E-state index contributed by atoms with van der Waals surface area (Å²) in [6, 6.07) is 30.4. The van der Waals surface area contributed by atoms with Crippen LogP contribution >= 0.6 is 0 Å². The Morgan fingerprint density at radius 1 is 0.778 bits per heavy atom. The van der Waals surface area contributed by atoms with Gasteiger partial charge in [-0.05, 0) is 53.9 Å². The predicted molar refractivity (Wildman–Crippen MR) is 175 cm³/mol. The Kier molecular flexibility index (Phi) is 11.6. The van der Waals surface area contributed by atoms with E-state index in [-0.39, 0.29) is 35.2 Å². The van der Waals surface area contributed by atoms with Crippen molar-refractivity contribution < 1.29 is 27.5 Å². The molecule has 45 heavy (non-hydrogen) atoms. The maximum atomic E-state index is 14.5. The molecule has 0 saturated heterocycles. The summed E-state index contributed by atoms with van der Waals surface area (Å²) in [6.45, 7) is 1.91. The van der Waals surface area contributed by atoms with Crippen molar-refractivity contribution in [2.45, 2.75) is 37.2 Å². The number of benzene rings is 4. The molecule has 0 unspecified atom stereocenters. The minimum absolute atomic E-state index is 0.0295. The lowest BCUT2D eigenvalue weighted by atomic mass is 10.0. The van der Waals surface area contributed by atoms with Crippen LogP contribution in [0, 0.1) is 0 Å². The first-order valence-electron chi connectivity index (χ1n) is 14.7. The largest absolute Gasteiger partial charge is 0.497 e. The van der Waals surface area contributed by atoms with E-state index in [4.69, 9.17) is 9.47 Å². The zero-order valence-corrected chi connectivity index (χ0v) is 26.6. The van der Waals surface area contributed by atoms with Crippen LogP contribution in [0.2, 0.25) is 0 Å². The molecule has 1 N–H and O–H groups in total. The van der Waals surface area contributed by atoms with Crippen LogP contribution in [0.5, 0.6) is 11.5 Å². The standard InChI is InChI=1S/C35H39N3O6S/c1-4-23-36-35(40)32(24-27-13-7-5-8-14-27)37(25-28-15-9-6-10-16-28)34(39)26-38(31-17-11-12-18-33(31)44-3)45(41,42)30-21-19-29(43-2)20-22-30/h5-22,32H,4,23-26H2,1-3H3,(H,36,40)/t32-/m1/s1. The molecule has 1 atom stereocenters. The smallest absolute Gasteiger partial charge is 0.264 e. The minimum atomic E-state index is -4.28. The van der Waals surface area contributed by atoms with Crippen LogP contribution in [0.15, 0.2) is 114 Å². The molecule has 9 nitrogen and oxygen atoms in total. The number of nitrogens with one attached hydrogen (secondary N) is 1. The first-order chi connectivity index (χ1) is 21.8. The lowest BCUT2D eigenvalue weighted by Crippen LogP contribution is -2.53. The summed E-state index contributed by atoms with van der Waals surface area (Å²) in [5.41, 5.74) is 1.86. The second-order valence-electron chi connectivity index (χ2n) is 10.4. The van der Waals surface area contributed by atoms with E-state index < -0.39 is 28.5 Å². The molecule has 4 rings (SSSR count). The van der Waals surface area contributed by atoms with Crippen molar-refractivity contribution in [1.82, 2.24) is 10.2 Å². The quantitative estimate of drug-likeness (QED) is 0.197. The molecular formula is C35H39N3O6S. The Labute approximate surface area is 265 Å². The minimum Gasteiger partial charge on any atom is -0.497 e. The summed E-state index contributed by atoms with van der Waals surface area (Å²) in [5.74, 6) is -0.0930. The maximum absolute atomic E-state index is 14.5. The zero-order chi connectivity index (χ0) is 32.2. The van der Waals surface area contributed by atoms with E-state index >= 15 is 0 Å². The molecule has 0 bridgehead atoms. The molecule has 0 fully saturated rings. The van der Waals surface area contributed by atoms with Crippen molar-refractivity contribution in [1.29, 1.82) is 0 Å². The monoisotopic (exact) mass is 629 g/mol. The van der Waals surface area contributed by atoms with Gasteiger partial charge in [0.05, 0.1) is 24.8 Å². The van der Waals surface area contributed by atoms with Crippen molar-refractivity contribution in [3.8, 4) is 11.5 Å². The van der Waals surface area contributed by atoms with Crippen LogP contribution in [-0.4, -0.2) is 58.5 Å². The lowest BCUT2D eigenvalue weighted by molar-refractivity contribution is -0.140. The molecule has 0 spiro atoms. The first kappa shape index (κ1) is 33.1. The third kappa shape index (κ3) is 8.42. The molecular weight excluding hydrogens is 590 g/mol. The highest BCUT2D eigenvalue weighted by molar-refractivity contribution is 7.92. The fourth-order valence-corrected chi connectivity index (χ4v) is 6.35. The number of ether oxygens (including phenoxy) is 2. The van der Waals surface area contributed by atoms with Crippen LogP contribution in [0.3, 0.4) is 0 Å². The molecule has 2 amide bonds. The van der Waals surface area contributed by atoms with E-state index in [2.05, 4.69) is 5.32 Å². The molecule has 4 aromatic carbocycles. The van der Waals surface area contributed by atoms with E-state index in [0.29, 0.717) is 12.3 Å². The van der Waals surface area contributed by atoms with Crippen LogP contribution in [0.4, 0.5) is 5.69 Å². The van der Waals surface area contributed by atoms with Gasteiger partial charge in [-0.25, -0.2) is 8.42 Å². The van der Waals surface area contributed by atoms with Gasteiger partial charge in [-0.3, -0.25) is 13.9 Å². The highest BCUT2D eigenvalue weighted by atomic mass is 32.2. The average molecular weight is 630 g/mol. The van der Waals surface area contributed by atoms with Crippen molar-refractivity contribution in [2.24, 2.45) is 0 Å². The Balaban J connectivity index is 1.81. The summed E-state index contributed by atoms with van der Waals surface area (Å²) < 4.78 is 40.2. The molecule has 0 aliphatic carbocycles. The van der Waals surface area contributed by atoms with Crippen molar-refractivity contribution in [2.75, 3.05) is 31.6 Å². The number of methoxy groups -OCH3 is 2. The molecule has 4 aromatic rings. The van der Waals surface area contributed by atoms with Crippen molar-refractivity contribution in [3.63, 3.8) is 0 Å². The molecule has 236 valence electrons. The van der Waals surface area contributed by atoms with Crippen LogP contribution in [0.1, 0.15) is 24.5 Å². The zero-order valence-electron chi connectivity index (χ0n) is 25.8. The van der Waals surface area contributed by atoms with Gasteiger partial charge < -0.3 is 19.7 Å². The second kappa shape index (κ2) is 15.8. The Bertz CT molecular complexity index is 1650. The topological polar surface area (TPSA) is 105 Å². The number of amides is 2. The summed E-state index contributed by atoms with van der Waals surface area (Å²) in [7, 11) is -1.35. The maximum Gasteiger partial charge on any atom is 0.264 e. The highest BCUT2D eigenvalue weighted by Crippen LogP contribution is 2.33. The lowest BCUT2D eigenvalue weighted by Gasteiger charge is -2.34. The predicted octanol–water partition coefficient (Wildman–Crippen LogP) is 5.07. The van der Waals surface area contributed by atoms with E-state index in [1.807, 2.05) is 67.6 Å². The summed E-state index contributed by atoms with van der Waals surface area (Å²) in [5, 5.41) is 2.95. The third-order valence-corrected chi connectivity index (χ3v) is 9.07. The number of anilines is 1. The SMILES string of the molecule is CCCNC(=O)[C@@H](Cc1ccccc1)N(Cc1ccccc1)C(=O)CN(c1ccccc1OC)S(=O)(=O)c1ccc(OC)cc1. The van der Waals surface area contributed by atoms with Gasteiger partial charge in [0.2, 0.25) is 11.8 Å². The van der Waals surface area contributed by atoms with Crippen molar-refractivity contribution in [3.05, 3.63) is 120 Å². The van der Waals surface area contributed by atoms with Crippen molar-refractivity contribution >= 4 is 27.5 Å². The van der Waals surface area contributed by atoms with Gasteiger partial charge in [0.1, 0.15) is 24.1 Å². The number of sulfonamides is 1. The molecule has 0 aromatic heterocycles. The van der Waals surface area contributed by atoms with Gasteiger partial charge >= 0.3 is 0 Å². The van der Waals surface area contributed by atoms with E-state index in [9.17, 15) is 18.0 Å². The summed E-state index contributed by atoms with van der Waals surface area (Å²) >= 11 is 0. The number of hydrogen-bond donors (Lipinski definition) is 1. The van der Waals surface area contributed by atoms with Gasteiger partial charge in [0, 0.05) is 19.5 Å². The van der Waals surface area contributed by atoms with Gasteiger partial charge in [-0.1, -0.05) is 79.7 Å². The van der Waals surface area contributed by atoms with Crippen LogP contribution in [-0.2, 0) is 32.6 Å². The Morgan fingerprint density at radius 3 is 1.98 bits per heavy atom. The number of carbonyl (C=O) groups excluding carboxylic acids is 2. The van der Waals surface area contributed by atoms with Gasteiger partial charge in [-0.2, -0.15) is 0 Å². The number of rotatable bonds is 15. The Morgan fingerprint density at radius 2 is 1.38 bits per heavy atom. The van der Waals surface area contributed by atoms with Gasteiger partial charge in [0.15, 0.2) is 0 Å². The molecule has 0 aliphatic heterocycles. The van der Waals surface area contributed by atoms with E-state index in [1.165, 1.54) is 31.3 Å². The highest BCUT2D eigenvalue weighted by Gasteiger charge is 2.35. The molecule has 0 radical (unpaired) electrons. The van der Waals surface area contributed by atoms with E-state index in [0.717, 1.165) is 21.9 Å². The molecule has 0 saturated carbocycles. The number of para-hydroxylation sites is 2. The second-order valence-corrected chi connectivity index (χ2v) is 12.2. The average Bonchev–Trinajstić information content (AvgIpc) is 3.08. The fourth-order valence-electron chi connectivity index (χ4n) is 4.92. The number of hydrogen-bond acceptors (Lipinski definition) is 6. The van der Waals surface area contributed by atoms with E-state index in [1.54, 1.807) is 36.4 Å². The first-order valence-corrected chi connectivity index (χ1v) is 16.2.